The van der Waals surface area contributed by atoms with Crippen LogP contribution in [0.2, 0.25) is 0 Å². The third kappa shape index (κ3) is 3.46. The summed E-state index contributed by atoms with van der Waals surface area (Å²) in [6.07, 6.45) is 2.48. The van der Waals surface area contributed by atoms with Gasteiger partial charge in [-0.1, -0.05) is 18.2 Å². The van der Waals surface area contributed by atoms with Gasteiger partial charge in [0.2, 0.25) is 10.0 Å². The third-order valence-corrected chi connectivity index (χ3v) is 7.36. The Morgan fingerprint density at radius 3 is 2.54 bits per heavy atom. The molecule has 28 heavy (non-hydrogen) atoms. The number of hydrogen-bond acceptors (Lipinski definition) is 4. The lowest BCUT2D eigenvalue weighted by Gasteiger charge is -2.26. The molecule has 0 aliphatic carbocycles. The number of sulfonamides is 1. The first-order valence-electron chi connectivity index (χ1n) is 9.55. The highest BCUT2D eigenvalue weighted by Crippen LogP contribution is 2.34. The molecule has 7 heteroatoms. The molecule has 2 saturated heterocycles. The Bertz CT molecular complexity index is 972. The van der Waals surface area contributed by atoms with Crippen molar-refractivity contribution in [2.75, 3.05) is 30.3 Å². The number of benzene rings is 2. The Kier molecular flexibility index (Phi) is 5.02. The van der Waals surface area contributed by atoms with E-state index < -0.39 is 10.0 Å². The Balaban J connectivity index is 1.59. The van der Waals surface area contributed by atoms with Gasteiger partial charge in [0.25, 0.3) is 5.91 Å². The van der Waals surface area contributed by atoms with E-state index in [1.54, 1.807) is 31.4 Å². The summed E-state index contributed by atoms with van der Waals surface area (Å²) in [6.45, 7) is 1.17. The molecule has 2 fully saturated rings. The zero-order chi connectivity index (χ0) is 19.7. The fourth-order valence-corrected chi connectivity index (χ4v) is 5.63. The molecular formula is C21H24N2O4S. The minimum Gasteiger partial charge on any atom is -0.497 e. The summed E-state index contributed by atoms with van der Waals surface area (Å²) >= 11 is 0. The first kappa shape index (κ1) is 18.8. The molecule has 0 saturated carbocycles. The van der Waals surface area contributed by atoms with Crippen LogP contribution in [-0.4, -0.2) is 45.2 Å². The molecule has 1 atom stereocenters. The summed E-state index contributed by atoms with van der Waals surface area (Å²) in [4.78, 5) is 15.1. The molecule has 0 unspecified atom stereocenters. The number of likely N-dealkylation sites (tertiary alicyclic amines) is 1. The second-order valence-electron chi connectivity index (χ2n) is 7.22. The topological polar surface area (TPSA) is 66.9 Å². The van der Waals surface area contributed by atoms with Gasteiger partial charge in [0.05, 0.1) is 24.6 Å². The molecule has 2 aromatic carbocycles. The van der Waals surface area contributed by atoms with E-state index in [9.17, 15) is 13.2 Å². The number of carbonyl (C=O) groups excluding carboxylic acids is 1. The zero-order valence-electron chi connectivity index (χ0n) is 15.9. The minimum atomic E-state index is -3.27. The number of carbonyl (C=O) groups is 1. The lowest BCUT2D eigenvalue weighted by molar-refractivity contribution is 0.0735. The molecule has 0 bridgehead atoms. The van der Waals surface area contributed by atoms with Crippen LogP contribution in [0.1, 0.15) is 41.2 Å². The molecule has 2 aliphatic heterocycles. The smallest absolute Gasteiger partial charge is 0.254 e. The number of nitrogens with zero attached hydrogens (tertiary/aromatic N) is 2. The quantitative estimate of drug-likeness (QED) is 0.790. The second-order valence-corrected chi connectivity index (χ2v) is 9.23. The third-order valence-electron chi connectivity index (χ3n) is 5.49. The molecule has 148 valence electrons. The minimum absolute atomic E-state index is 0.0255. The van der Waals surface area contributed by atoms with Crippen LogP contribution in [-0.2, 0) is 10.0 Å². The Morgan fingerprint density at radius 1 is 1.07 bits per heavy atom. The van der Waals surface area contributed by atoms with Gasteiger partial charge in [0.15, 0.2) is 0 Å². The molecular weight excluding hydrogens is 376 g/mol. The summed E-state index contributed by atoms with van der Waals surface area (Å²) in [5, 5.41) is 0. The summed E-state index contributed by atoms with van der Waals surface area (Å²) in [7, 11) is -1.63. The molecule has 0 aromatic heterocycles. The van der Waals surface area contributed by atoms with Crippen LogP contribution in [0.5, 0.6) is 5.75 Å². The summed E-state index contributed by atoms with van der Waals surface area (Å²) in [5.74, 6) is 0.896. The zero-order valence-corrected chi connectivity index (χ0v) is 16.7. The van der Waals surface area contributed by atoms with Crippen LogP contribution < -0.4 is 9.04 Å². The van der Waals surface area contributed by atoms with Crippen LogP contribution in [0.15, 0.2) is 48.5 Å². The predicted octanol–water partition coefficient (Wildman–Crippen LogP) is 3.21. The van der Waals surface area contributed by atoms with Gasteiger partial charge in [-0.05, 0) is 55.2 Å². The van der Waals surface area contributed by atoms with Crippen molar-refractivity contribution in [1.82, 2.24) is 4.90 Å². The average molecular weight is 401 g/mol. The number of methoxy groups -OCH3 is 1. The first-order valence-corrected chi connectivity index (χ1v) is 11.2. The highest BCUT2D eigenvalue weighted by Gasteiger charge is 2.32. The van der Waals surface area contributed by atoms with E-state index in [-0.39, 0.29) is 17.7 Å². The summed E-state index contributed by atoms with van der Waals surface area (Å²) in [5.41, 5.74) is 2.19. The van der Waals surface area contributed by atoms with Crippen molar-refractivity contribution in [2.24, 2.45) is 0 Å². The second kappa shape index (κ2) is 7.47. The largest absolute Gasteiger partial charge is 0.497 e. The van der Waals surface area contributed by atoms with Crippen LogP contribution >= 0.6 is 0 Å². The maximum Gasteiger partial charge on any atom is 0.254 e. The van der Waals surface area contributed by atoms with Gasteiger partial charge in [-0.2, -0.15) is 0 Å². The van der Waals surface area contributed by atoms with Crippen molar-refractivity contribution in [1.29, 1.82) is 0 Å². The number of rotatable bonds is 4. The summed E-state index contributed by atoms with van der Waals surface area (Å²) < 4.78 is 31.0. The monoisotopic (exact) mass is 400 g/mol. The Morgan fingerprint density at radius 2 is 1.86 bits per heavy atom. The predicted molar refractivity (Wildman–Crippen MR) is 108 cm³/mol. The van der Waals surface area contributed by atoms with Gasteiger partial charge < -0.3 is 9.64 Å². The highest BCUT2D eigenvalue weighted by molar-refractivity contribution is 7.93. The standard InChI is InChI=1S/C21H24N2O4S/c1-27-19-10-8-16(9-11-19)20-7-3-12-22(20)21(24)17-5-2-6-18(15-17)23-13-4-14-28(23,25)26/h2,5-6,8-11,15,20H,3-4,7,12-14H2,1H3/t20-/m1/s1. The van der Waals surface area contributed by atoms with Crippen molar-refractivity contribution >= 4 is 21.6 Å². The van der Waals surface area contributed by atoms with Gasteiger partial charge in [-0.15, -0.1) is 0 Å². The van der Waals surface area contributed by atoms with Gasteiger partial charge in [-0.3, -0.25) is 9.10 Å². The van der Waals surface area contributed by atoms with Crippen molar-refractivity contribution in [3.8, 4) is 5.75 Å². The van der Waals surface area contributed by atoms with Gasteiger partial charge >= 0.3 is 0 Å². The lowest BCUT2D eigenvalue weighted by Crippen LogP contribution is -2.31. The molecule has 6 nitrogen and oxygen atoms in total. The maximum absolute atomic E-state index is 13.2. The van der Waals surface area contributed by atoms with Crippen LogP contribution in [0.4, 0.5) is 5.69 Å². The molecule has 0 N–H and O–H groups in total. The normalized spacial score (nSPS) is 21.1. The molecule has 1 amide bonds. The molecule has 4 rings (SSSR count). The highest BCUT2D eigenvalue weighted by atomic mass is 32.2. The Hall–Kier alpha value is -2.54. The van der Waals surface area contributed by atoms with Crippen LogP contribution in [0.25, 0.3) is 0 Å². The van der Waals surface area contributed by atoms with Gasteiger partial charge in [-0.25, -0.2) is 8.42 Å². The van der Waals surface area contributed by atoms with Gasteiger partial charge in [0, 0.05) is 18.7 Å². The van der Waals surface area contributed by atoms with E-state index >= 15 is 0 Å². The summed E-state index contributed by atoms with van der Waals surface area (Å²) in [6, 6.07) is 14.8. The molecule has 0 spiro atoms. The number of hydrogen-bond donors (Lipinski definition) is 0. The fourth-order valence-electron chi connectivity index (χ4n) is 4.07. The van der Waals surface area contributed by atoms with Crippen molar-refractivity contribution in [3.63, 3.8) is 0 Å². The van der Waals surface area contributed by atoms with Crippen LogP contribution in [0.3, 0.4) is 0 Å². The number of ether oxygens (including phenoxy) is 1. The van der Waals surface area contributed by atoms with Crippen molar-refractivity contribution < 1.29 is 17.9 Å². The van der Waals surface area contributed by atoms with E-state index in [2.05, 4.69) is 0 Å². The molecule has 2 aliphatic rings. The van der Waals surface area contributed by atoms with E-state index in [0.29, 0.717) is 30.8 Å². The number of amides is 1. The first-order chi connectivity index (χ1) is 13.5. The van der Waals surface area contributed by atoms with Gasteiger partial charge in [0.1, 0.15) is 5.75 Å². The molecule has 2 aromatic rings. The lowest BCUT2D eigenvalue weighted by atomic mass is 10.0. The van der Waals surface area contributed by atoms with Crippen molar-refractivity contribution in [3.05, 3.63) is 59.7 Å². The van der Waals surface area contributed by atoms with E-state index in [4.69, 9.17) is 4.74 Å². The SMILES string of the molecule is COc1ccc([C@H]2CCCN2C(=O)c2cccc(N3CCCS3(=O)=O)c2)cc1. The van der Waals surface area contributed by atoms with E-state index in [1.807, 2.05) is 29.2 Å². The van der Waals surface area contributed by atoms with E-state index in [0.717, 1.165) is 24.2 Å². The van der Waals surface area contributed by atoms with Crippen molar-refractivity contribution in [2.45, 2.75) is 25.3 Å². The molecule has 2 heterocycles. The molecule has 0 radical (unpaired) electrons. The average Bonchev–Trinajstić information content (AvgIpc) is 3.33. The number of anilines is 1. The van der Waals surface area contributed by atoms with Crippen LogP contribution in [0, 0.1) is 0 Å². The van der Waals surface area contributed by atoms with E-state index in [1.165, 1.54) is 4.31 Å². The maximum atomic E-state index is 13.2. The Labute approximate surface area is 165 Å². The fraction of sp³-hybridized carbons (Fsp3) is 0.381.